The Morgan fingerprint density at radius 3 is 2.77 bits per heavy atom. The standard InChI is InChI=1S/C10H13NO2/c1-7-2-3-9(10(12)13)8(6-7)4-5-11/h2-3,6H,4-5,11H2,1H3,(H,12,13). The normalized spacial score (nSPS) is 10.0. The van der Waals surface area contributed by atoms with Gasteiger partial charge in [-0.15, -0.1) is 0 Å². The molecule has 13 heavy (non-hydrogen) atoms. The molecule has 0 radical (unpaired) electrons. The van der Waals surface area contributed by atoms with E-state index in [4.69, 9.17) is 10.8 Å². The van der Waals surface area contributed by atoms with Crippen LogP contribution in [0, 0.1) is 6.92 Å². The summed E-state index contributed by atoms with van der Waals surface area (Å²) in [5, 5.41) is 8.84. The van der Waals surface area contributed by atoms with Gasteiger partial charge in [0, 0.05) is 0 Å². The lowest BCUT2D eigenvalue weighted by molar-refractivity contribution is 0.0696. The van der Waals surface area contributed by atoms with Crippen molar-refractivity contribution < 1.29 is 9.90 Å². The highest BCUT2D eigenvalue weighted by molar-refractivity contribution is 5.89. The van der Waals surface area contributed by atoms with E-state index in [2.05, 4.69) is 0 Å². The predicted octanol–water partition coefficient (Wildman–Crippen LogP) is 1.19. The minimum absolute atomic E-state index is 0.357. The van der Waals surface area contributed by atoms with E-state index in [-0.39, 0.29) is 0 Å². The molecule has 0 atom stereocenters. The molecular weight excluding hydrogens is 166 g/mol. The first-order valence-electron chi connectivity index (χ1n) is 4.18. The third-order valence-electron chi connectivity index (χ3n) is 1.90. The molecule has 0 aromatic heterocycles. The van der Waals surface area contributed by atoms with Gasteiger partial charge in [0.25, 0.3) is 0 Å². The number of aromatic carboxylic acids is 1. The number of rotatable bonds is 3. The number of hydrogen-bond acceptors (Lipinski definition) is 2. The van der Waals surface area contributed by atoms with E-state index in [1.165, 1.54) is 0 Å². The summed E-state index contributed by atoms with van der Waals surface area (Å²) in [5.74, 6) is -0.886. The monoisotopic (exact) mass is 179 g/mol. The van der Waals surface area contributed by atoms with Gasteiger partial charge in [-0.2, -0.15) is 0 Å². The van der Waals surface area contributed by atoms with Crippen LogP contribution in [0.2, 0.25) is 0 Å². The molecule has 0 unspecified atom stereocenters. The van der Waals surface area contributed by atoms with E-state index >= 15 is 0 Å². The Kier molecular flexibility index (Phi) is 3.03. The Morgan fingerprint density at radius 2 is 2.23 bits per heavy atom. The van der Waals surface area contributed by atoms with Gasteiger partial charge < -0.3 is 10.8 Å². The van der Waals surface area contributed by atoms with Crippen LogP contribution in [0.25, 0.3) is 0 Å². The van der Waals surface area contributed by atoms with Crippen molar-refractivity contribution in [3.63, 3.8) is 0 Å². The summed E-state index contributed by atoms with van der Waals surface area (Å²) in [7, 11) is 0. The highest BCUT2D eigenvalue weighted by Gasteiger charge is 2.08. The number of hydrogen-bond donors (Lipinski definition) is 2. The number of nitrogens with two attached hydrogens (primary N) is 1. The minimum Gasteiger partial charge on any atom is -0.478 e. The summed E-state index contributed by atoms with van der Waals surface area (Å²) < 4.78 is 0. The Morgan fingerprint density at radius 1 is 1.54 bits per heavy atom. The Labute approximate surface area is 77.2 Å². The van der Waals surface area contributed by atoms with Crippen molar-refractivity contribution in [3.8, 4) is 0 Å². The molecular formula is C10H13NO2. The van der Waals surface area contributed by atoms with Crippen LogP contribution in [0.5, 0.6) is 0 Å². The van der Waals surface area contributed by atoms with Gasteiger partial charge in [0.05, 0.1) is 5.56 Å². The molecule has 70 valence electrons. The van der Waals surface area contributed by atoms with Crippen LogP contribution in [0.4, 0.5) is 0 Å². The number of carboxylic acid groups (broad SMARTS) is 1. The number of carbonyl (C=O) groups is 1. The molecule has 0 aliphatic carbocycles. The van der Waals surface area contributed by atoms with Gasteiger partial charge in [0.2, 0.25) is 0 Å². The van der Waals surface area contributed by atoms with Crippen molar-refractivity contribution >= 4 is 5.97 Å². The maximum absolute atomic E-state index is 10.8. The Bertz CT molecular complexity index is 321. The van der Waals surface area contributed by atoms with Crippen molar-refractivity contribution in [2.45, 2.75) is 13.3 Å². The summed E-state index contributed by atoms with van der Waals surface area (Å²) in [5.41, 5.74) is 7.62. The van der Waals surface area contributed by atoms with E-state index in [0.717, 1.165) is 11.1 Å². The summed E-state index contributed by atoms with van der Waals surface area (Å²) in [4.78, 5) is 10.8. The Balaban J connectivity index is 3.10. The molecule has 0 saturated heterocycles. The molecule has 0 aliphatic rings. The van der Waals surface area contributed by atoms with Gasteiger partial charge in [0.1, 0.15) is 0 Å². The maximum Gasteiger partial charge on any atom is 0.335 e. The molecule has 3 nitrogen and oxygen atoms in total. The Hall–Kier alpha value is -1.35. The average Bonchev–Trinajstić information content (AvgIpc) is 2.04. The second-order valence-electron chi connectivity index (χ2n) is 3.00. The fourth-order valence-corrected chi connectivity index (χ4v) is 1.29. The lowest BCUT2D eigenvalue weighted by atomic mass is 10.0. The first-order chi connectivity index (χ1) is 6.15. The fraction of sp³-hybridized carbons (Fsp3) is 0.300. The van der Waals surface area contributed by atoms with Crippen LogP contribution >= 0.6 is 0 Å². The first-order valence-corrected chi connectivity index (χ1v) is 4.18. The second-order valence-corrected chi connectivity index (χ2v) is 3.00. The van der Waals surface area contributed by atoms with Crippen LogP contribution in [0.1, 0.15) is 21.5 Å². The minimum atomic E-state index is -0.886. The summed E-state index contributed by atoms with van der Waals surface area (Å²) in [6.07, 6.45) is 0.614. The summed E-state index contributed by atoms with van der Waals surface area (Å²) in [6, 6.07) is 5.29. The third kappa shape index (κ3) is 2.29. The second kappa shape index (κ2) is 4.05. The highest BCUT2D eigenvalue weighted by Crippen LogP contribution is 2.12. The molecule has 0 aliphatic heterocycles. The maximum atomic E-state index is 10.8. The van der Waals surface area contributed by atoms with Crippen molar-refractivity contribution in [2.75, 3.05) is 6.54 Å². The lowest BCUT2D eigenvalue weighted by Gasteiger charge is -2.05. The van der Waals surface area contributed by atoms with Gasteiger partial charge >= 0.3 is 5.97 Å². The molecule has 1 aromatic rings. The van der Waals surface area contributed by atoms with E-state index < -0.39 is 5.97 Å². The molecule has 3 N–H and O–H groups in total. The molecule has 0 spiro atoms. The molecule has 0 saturated carbocycles. The van der Waals surface area contributed by atoms with Crippen molar-refractivity contribution in [1.29, 1.82) is 0 Å². The predicted molar refractivity (Wildman–Crippen MR) is 50.9 cm³/mol. The van der Waals surface area contributed by atoms with Crippen LogP contribution < -0.4 is 5.73 Å². The highest BCUT2D eigenvalue weighted by atomic mass is 16.4. The van der Waals surface area contributed by atoms with Crippen LogP contribution in [-0.2, 0) is 6.42 Å². The molecule has 0 bridgehead atoms. The number of benzene rings is 1. The lowest BCUT2D eigenvalue weighted by Crippen LogP contribution is -2.08. The third-order valence-corrected chi connectivity index (χ3v) is 1.90. The fourth-order valence-electron chi connectivity index (χ4n) is 1.29. The van der Waals surface area contributed by atoms with Crippen molar-refractivity contribution in [1.82, 2.24) is 0 Å². The molecule has 0 heterocycles. The summed E-state index contributed by atoms with van der Waals surface area (Å²) in [6.45, 7) is 2.41. The zero-order chi connectivity index (χ0) is 9.84. The van der Waals surface area contributed by atoms with E-state index in [0.29, 0.717) is 18.5 Å². The van der Waals surface area contributed by atoms with E-state index in [1.54, 1.807) is 12.1 Å². The average molecular weight is 179 g/mol. The number of aryl methyl sites for hydroxylation is 1. The SMILES string of the molecule is Cc1ccc(C(=O)O)c(CCN)c1. The zero-order valence-corrected chi connectivity index (χ0v) is 7.58. The first kappa shape index (κ1) is 9.74. The van der Waals surface area contributed by atoms with Gasteiger partial charge in [-0.3, -0.25) is 0 Å². The molecule has 1 rings (SSSR count). The summed E-state index contributed by atoms with van der Waals surface area (Å²) >= 11 is 0. The molecule has 3 heteroatoms. The molecule has 1 aromatic carbocycles. The van der Waals surface area contributed by atoms with Gasteiger partial charge in [0.15, 0.2) is 0 Å². The van der Waals surface area contributed by atoms with Crippen molar-refractivity contribution in [3.05, 3.63) is 34.9 Å². The van der Waals surface area contributed by atoms with Crippen LogP contribution in [0.15, 0.2) is 18.2 Å². The number of carboxylic acids is 1. The van der Waals surface area contributed by atoms with Crippen LogP contribution in [0.3, 0.4) is 0 Å². The van der Waals surface area contributed by atoms with E-state index in [9.17, 15) is 4.79 Å². The molecule has 0 fully saturated rings. The zero-order valence-electron chi connectivity index (χ0n) is 7.58. The van der Waals surface area contributed by atoms with Gasteiger partial charge in [-0.25, -0.2) is 4.79 Å². The molecule has 0 amide bonds. The van der Waals surface area contributed by atoms with Crippen LogP contribution in [-0.4, -0.2) is 17.6 Å². The van der Waals surface area contributed by atoms with E-state index in [1.807, 2.05) is 13.0 Å². The quantitative estimate of drug-likeness (QED) is 0.732. The van der Waals surface area contributed by atoms with Gasteiger partial charge in [-0.1, -0.05) is 17.7 Å². The topological polar surface area (TPSA) is 63.3 Å². The van der Waals surface area contributed by atoms with Crippen molar-refractivity contribution in [2.24, 2.45) is 5.73 Å². The van der Waals surface area contributed by atoms with Gasteiger partial charge in [-0.05, 0) is 31.5 Å². The smallest absolute Gasteiger partial charge is 0.335 e. The largest absolute Gasteiger partial charge is 0.478 e.